The standard InChI is InChI=1S/C24H20ClN3O2S/c1-29-20-13-8-16(14-21(20)30-2)15-26-28-24-27-22(17-9-11-19(25)12-10-17)23(31-24)18-6-4-3-5-7-18/h3-15H,1-2H3,(H,27,28)/b26-15+. The van der Waals surface area contributed by atoms with E-state index in [2.05, 4.69) is 22.7 Å². The molecule has 5 nitrogen and oxygen atoms in total. The van der Waals surface area contributed by atoms with Gasteiger partial charge in [0.15, 0.2) is 11.5 Å². The monoisotopic (exact) mass is 449 g/mol. The van der Waals surface area contributed by atoms with E-state index in [1.807, 2.05) is 60.7 Å². The Labute approximate surface area is 190 Å². The van der Waals surface area contributed by atoms with Gasteiger partial charge in [-0.05, 0) is 41.5 Å². The summed E-state index contributed by atoms with van der Waals surface area (Å²) in [5, 5.41) is 5.74. The number of methoxy groups -OCH3 is 2. The number of rotatable bonds is 7. The van der Waals surface area contributed by atoms with Gasteiger partial charge in [-0.25, -0.2) is 4.98 Å². The van der Waals surface area contributed by atoms with E-state index >= 15 is 0 Å². The number of nitrogens with zero attached hydrogens (tertiary/aromatic N) is 2. The second-order valence-corrected chi connectivity index (χ2v) is 7.99. The van der Waals surface area contributed by atoms with Gasteiger partial charge in [-0.15, -0.1) is 0 Å². The van der Waals surface area contributed by atoms with Crippen LogP contribution in [0.3, 0.4) is 0 Å². The second-order valence-electron chi connectivity index (χ2n) is 6.55. The number of hydrogen-bond acceptors (Lipinski definition) is 6. The first kappa shape index (κ1) is 20.9. The maximum absolute atomic E-state index is 6.06. The zero-order chi connectivity index (χ0) is 21.6. The first-order chi connectivity index (χ1) is 15.2. The van der Waals surface area contributed by atoms with Gasteiger partial charge in [0.1, 0.15) is 0 Å². The largest absolute Gasteiger partial charge is 0.493 e. The normalized spacial score (nSPS) is 10.9. The van der Waals surface area contributed by atoms with Crippen LogP contribution in [0.15, 0.2) is 77.9 Å². The smallest absolute Gasteiger partial charge is 0.204 e. The van der Waals surface area contributed by atoms with E-state index in [0.29, 0.717) is 21.7 Å². The lowest BCUT2D eigenvalue weighted by Gasteiger charge is -2.07. The van der Waals surface area contributed by atoms with Crippen molar-refractivity contribution in [2.24, 2.45) is 5.10 Å². The molecule has 1 aromatic heterocycles. The molecule has 0 aliphatic carbocycles. The number of nitrogens with one attached hydrogen (secondary N) is 1. The van der Waals surface area contributed by atoms with Crippen molar-refractivity contribution in [2.45, 2.75) is 0 Å². The highest BCUT2D eigenvalue weighted by Crippen LogP contribution is 2.39. The minimum Gasteiger partial charge on any atom is -0.493 e. The lowest BCUT2D eigenvalue weighted by Crippen LogP contribution is -1.94. The van der Waals surface area contributed by atoms with Crippen LogP contribution in [0, 0.1) is 0 Å². The predicted octanol–water partition coefficient (Wildman–Crippen LogP) is 6.59. The third-order valence-corrected chi connectivity index (χ3v) is 5.82. The van der Waals surface area contributed by atoms with Crippen molar-refractivity contribution < 1.29 is 9.47 Å². The molecule has 0 unspecified atom stereocenters. The molecule has 0 aliphatic rings. The molecule has 0 atom stereocenters. The molecule has 0 fully saturated rings. The molecule has 0 saturated heterocycles. The van der Waals surface area contributed by atoms with E-state index < -0.39 is 0 Å². The van der Waals surface area contributed by atoms with E-state index in [1.165, 1.54) is 0 Å². The number of benzene rings is 3. The van der Waals surface area contributed by atoms with Crippen molar-refractivity contribution in [1.82, 2.24) is 4.98 Å². The third-order valence-electron chi connectivity index (χ3n) is 4.56. The Bertz CT molecular complexity index is 1190. The van der Waals surface area contributed by atoms with Crippen molar-refractivity contribution in [2.75, 3.05) is 19.6 Å². The Kier molecular flexibility index (Phi) is 6.50. The lowest BCUT2D eigenvalue weighted by molar-refractivity contribution is 0.355. The van der Waals surface area contributed by atoms with Crippen LogP contribution in [-0.2, 0) is 0 Å². The molecule has 0 amide bonds. The maximum Gasteiger partial charge on any atom is 0.204 e. The summed E-state index contributed by atoms with van der Waals surface area (Å²) in [6, 6.07) is 23.5. The summed E-state index contributed by atoms with van der Waals surface area (Å²) < 4.78 is 10.6. The lowest BCUT2D eigenvalue weighted by atomic mass is 10.1. The van der Waals surface area contributed by atoms with E-state index in [1.54, 1.807) is 31.8 Å². The average molecular weight is 450 g/mol. The van der Waals surface area contributed by atoms with Crippen LogP contribution in [0.5, 0.6) is 11.5 Å². The first-order valence-corrected chi connectivity index (χ1v) is 10.7. The molecule has 31 heavy (non-hydrogen) atoms. The summed E-state index contributed by atoms with van der Waals surface area (Å²) in [5.41, 5.74) is 6.91. The van der Waals surface area contributed by atoms with Crippen LogP contribution in [0.4, 0.5) is 5.13 Å². The SMILES string of the molecule is COc1ccc(/C=N/Nc2nc(-c3ccc(Cl)cc3)c(-c3ccccc3)s2)cc1OC. The molecule has 0 aliphatic heterocycles. The maximum atomic E-state index is 6.06. The molecule has 1 heterocycles. The fourth-order valence-electron chi connectivity index (χ4n) is 3.05. The number of halogens is 1. The highest BCUT2D eigenvalue weighted by molar-refractivity contribution is 7.19. The molecular weight excluding hydrogens is 430 g/mol. The second kappa shape index (κ2) is 9.64. The fourth-order valence-corrected chi connectivity index (χ4v) is 4.12. The minimum atomic E-state index is 0.650. The van der Waals surface area contributed by atoms with Crippen molar-refractivity contribution in [3.05, 3.63) is 83.4 Å². The Morgan fingerprint density at radius 1 is 0.903 bits per heavy atom. The fraction of sp³-hybridized carbons (Fsp3) is 0.0833. The Hall–Kier alpha value is -3.35. The van der Waals surface area contributed by atoms with Gasteiger partial charge < -0.3 is 9.47 Å². The van der Waals surface area contributed by atoms with E-state index in [4.69, 9.17) is 26.1 Å². The Morgan fingerprint density at radius 3 is 2.35 bits per heavy atom. The van der Waals surface area contributed by atoms with Crippen molar-refractivity contribution in [3.8, 4) is 33.2 Å². The molecule has 4 aromatic rings. The molecular formula is C24H20ClN3O2S. The van der Waals surface area contributed by atoms with Crippen molar-refractivity contribution >= 4 is 34.3 Å². The highest BCUT2D eigenvalue weighted by Gasteiger charge is 2.15. The van der Waals surface area contributed by atoms with Gasteiger partial charge in [0.25, 0.3) is 0 Å². The number of thiazole rings is 1. The van der Waals surface area contributed by atoms with Gasteiger partial charge in [-0.1, -0.05) is 65.4 Å². The highest BCUT2D eigenvalue weighted by atomic mass is 35.5. The van der Waals surface area contributed by atoms with Crippen molar-refractivity contribution in [3.63, 3.8) is 0 Å². The summed E-state index contributed by atoms with van der Waals surface area (Å²) in [6.07, 6.45) is 1.72. The number of aromatic nitrogens is 1. The van der Waals surface area contributed by atoms with Crippen LogP contribution in [0.25, 0.3) is 21.7 Å². The van der Waals surface area contributed by atoms with E-state index in [0.717, 1.165) is 27.3 Å². The van der Waals surface area contributed by atoms with E-state index in [-0.39, 0.29) is 0 Å². The summed E-state index contributed by atoms with van der Waals surface area (Å²) in [6.45, 7) is 0. The average Bonchev–Trinajstić information content (AvgIpc) is 3.24. The van der Waals surface area contributed by atoms with Crippen LogP contribution >= 0.6 is 22.9 Å². The van der Waals surface area contributed by atoms with Gasteiger partial charge in [-0.2, -0.15) is 5.10 Å². The predicted molar refractivity (Wildman–Crippen MR) is 129 cm³/mol. The molecule has 156 valence electrons. The topological polar surface area (TPSA) is 55.7 Å². The summed E-state index contributed by atoms with van der Waals surface area (Å²) in [4.78, 5) is 5.85. The van der Waals surface area contributed by atoms with Gasteiger partial charge >= 0.3 is 0 Å². The van der Waals surface area contributed by atoms with Crippen LogP contribution in [-0.4, -0.2) is 25.4 Å². The van der Waals surface area contributed by atoms with E-state index in [9.17, 15) is 0 Å². The molecule has 3 aromatic carbocycles. The van der Waals surface area contributed by atoms with Gasteiger partial charge in [0.05, 0.1) is 31.0 Å². The van der Waals surface area contributed by atoms with Gasteiger partial charge in [-0.3, -0.25) is 5.43 Å². The molecule has 0 saturated carbocycles. The summed E-state index contributed by atoms with van der Waals surface area (Å²) >= 11 is 7.61. The van der Waals surface area contributed by atoms with Gasteiger partial charge in [0, 0.05) is 10.6 Å². The molecule has 0 radical (unpaired) electrons. The molecule has 0 spiro atoms. The first-order valence-electron chi connectivity index (χ1n) is 9.51. The van der Waals surface area contributed by atoms with Crippen LogP contribution < -0.4 is 14.9 Å². The van der Waals surface area contributed by atoms with Crippen LogP contribution in [0.1, 0.15) is 5.56 Å². The molecule has 7 heteroatoms. The summed E-state index contributed by atoms with van der Waals surface area (Å²) in [5.74, 6) is 1.32. The van der Waals surface area contributed by atoms with Crippen LogP contribution in [0.2, 0.25) is 5.02 Å². The minimum absolute atomic E-state index is 0.650. The molecule has 1 N–H and O–H groups in total. The summed E-state index contributed by atoms with van der Waals surface area (Å²) in [7, 11) is 3.22. The zero-order valence-electron chi connectivity index (χ0n) is 17.0. The van der Waals surface area contributed by atoms with Crippen molar-refractivity contribution in [1.29, 1.82) is 0 Å². The molecule has 0 bridgehead atoms. The molecule has 4 rings (SSSR count). The van der Waals surface area contributed by atoms with Gasteiger partial charge in [0.2, 0.25) is 5.13 Å². The quantitative estimate of drug-likeness (QED) is 0.255. The zero-order valence-corrected chi connectivity index (χ0v) is 18.6. The Balaban J connectivity index is 1.62. The number of anilines is 1. The number of hydrazone groups is 1. The Morgan fingerprint density at radius 2 is 1.65 bits per heavy atom. The third kappa shape index (κ3) is 4.87. The number of hydrogen-bond donors (Lipinski definition) is 1. The number of ether oxygens (including phenoxy) is 2.